The highest BCUT2D eigenvalue weighted by molar-refractivity contribution is 5.88. The van der Waals surface area contributed by atoms with Gasteiger partial charge in [-0.3, -0.25) is 4.98 Å². The van der Waals surface area contributed by atoms with Crippen LogP contribution in [0, 0.1) is 0 Å². The van der Waals surface area contributed by atoms with Crippen LogP contribution in [0.3, 0.4) is 0 Å². The summed E-state index contributed by atoms with van der Waals surface area (Å²) in [5, 5.41) is 0. The predicted octanol–water partition coefficient (Wildman–Crippen LogP) is 13.6. The lowest BCUT2D eigenvalue weighted by Gasteiger charge is -2.34. The van der Waals surface area contributed by atoms with Crippen LogP contribution in [0.4, 0.5) is 0 Å². The average Bonchev–Trinajstić information content (AvgIpc) is 3.65. The highest BCUT2D eigenvalue weighted by Crippen LogP contribution is 2.56. The van der Waals surface area contributed by atoms with Crippen molar-refractivity contribution in [3.8, 4) is 78.8 Å². The summed E-state index contributed by atoms with van der Waals surface area (Å²) in [6.45, 7) is 0. The highest BCUT2D eigenvalue weighted by atomic mass is 15.0. The lowest BCUT2D eigenvalue weighted by Crippen LogP contribution is -2.28. The number of hydrogen-bond donors (Lipinski definition) is 0. The first-order valence-electron chi connectivity index (χ1n) is 20.6. The van der Waals surface area contributed by atoms with Crippen molar-refractivity contribution in [1.29, 1.82) is 0 Å². The van der Waals surface area contributed by atoms with Crippen LogP contribution in [0.2, 0.25) is 0 Å². The summed E-state index contributed by atoms with van der Waals surface area (Å²) in [5.74, 6) is 1.88. The van der Waals surface area contributed by atoms with E-state index in [1.165, 1.54) is 44.5 Å². The minimum atomic E-state index is -0.433. The lowest BCUT2D eigenvalue weighted by molar-refractivity contribution is 0.769. The number of nitrogens with zero attached hydrogens (tertiary/aromatic N) is 4. The van der Waals surface area contributed by atoms with Crippen LogP contribution in [-0.4, -0.2) is 19.9 Å². The lowest BCUT2D eigenvalue weighted by atomic mass is 9.67. The van der Waals surface area contributed by atoms with Gasteiger partial charge < -0.3 is 0 Å². The van der Waals surface area contributed by atoms with Gasteiger partial charge in [0.05, 0.1) is 11.1 Å². The highest BCUT2D eigenvalue weighted by Gasteiger charge is 2.46. The maximum Gasteiger partial charge on any atom is 0.164 e. The van der Waals surface area contributed by atoms with Gasteiger partial charge in [0, 0.05) is 28.5 Å². The zero-order valence-corrected chi connectivity index (χ0v) is 33.2. The molecule has 1 aliphatic rings. The third-order valence-electron chi connectivity index (χ3n) is 11.9. The quantitative estimate of drug-likeness (QED) is 0.154. The molecule has 11 rings (SSSR count). The molecule has 8 aromatic carbocycles. The van der Waals surface area contributed by atoms with Crippen molar-refractivity contribution in [2.75, 3.05) is 0 Å². The third kappa shape index (κ3) is 6.42. The van der Waals surface area contributed by atoms with Crippen molar-refractivity contribution in [2.45, 2.75) is 5.41 Å². The molecule has 0 spiro atoms. The second-order valence-corrected chi connectivity index (χ2v) is 15.4. The Bertz CT molecular complexity index is 3090. The van der Waals surface area contributed by atoms with Crippen molar-refractivity contribution in [3.05, 3.63) is 253 Å². The number of aromatic nitrogens is 4. The summed E-state index contributed by atoms with van der Waals surface area (Å²) < 4.78 is 0. The molecular formula is C57H38N4. The number of rotatable bonds is 8. The first-order chi connectivity index (χ1) is 30.2. The molecule has 0 amide bonds. The molecule has 4 heteroatoms. The van der Waals surface area contributed by atoms with Crippen LogP contribution in [0.25, 0.3) is 78.8 Å². The van der Waals surface area contributed by atoms with Crippen molar-refractivity contribution in [2.24, 2.45) is 0 Å². The largest absolute Gasteiger partial charge is 0.256 e. The summed E-state index contributed by atoms with van der Waals surface area (Å²) in [7, 11) is 0. The first-order valence-corrected chi connectivity index (χ1v) is 20.6. The van der Waals surface area contributed by atoms with Crippen LogP contribution in [0.5, 0.6) is 0 Å². The molecule has 2 heterocycles. The smallest absolute Gasteiger partial charge is 0.164 e. The van der Waals surface area contributed by atoms with Gasteiger partial charge in [0.15, 0.2) is 17.5 Å². The van der Waals surface area contributed by atoms with E-state index in [1.807, 2.05) is 54.7 Å². The molecule has 0 fully saturated rings. The molecule has 0 atom stereocenters. The van der Waals surface area contributed by atoms with Crippen LogP contribution in [0.15, 0.2) is 231 Å². The van der Waals surface area contributed by atoms with E-state index < -0.39 is 5.41 Å². The molecular weight excluding hydrogens is 741 g/mol. The number of hydrogen-bond acceptors (Lipinski definition) is 4. The van der Waals surface area contributed by atoms with E-state index in [0.29, 0.717) is 17.5 Å². The minimum absolute atomic E-state index is 0.433. The van der Waals surface area contributed by atoms with E-state index in [-0.39, 0.29) is 0 Å². The summed E-state index contributed by atoms with van der Waals surface area (Å²) in [5.41, 5.74) is 16.7. The molecule has 0 unspecified atom stereocenters. The maximum atomic E-state index is 5.00. The fraction of sp³-hybridized carbons (Fsp3) is 0.0175. The molecule has 0 saturated carbocycles. The van der Waals surface area contributed by atoms with E-state index >= 15 is 0 Å². The Morgan fingerprint density at radius 1 is 0.279 bits per heavy atom. The molecule has 1 aliphatic carbocycles. The molecule has 0 bridgehead atoms. The van der Waals surface area contributed by atoms with E-state index in [4.69, 9.17) is 15.0 Å². The zero-order chi connectivity index (χ0) is 40.6. The Labute approximate surface area is 355 Å². The number of benzene rings is 8. The van der Waals surface area contributed by atoms with Crippen LogP contribution in [-0.2, 0) is 5.41 Å². The van der Waals surface area contributed by atoms with E-state index in [9.17, 15) is 0 Å². The molecule has 4 nitrogen and oxygen atoms in total. The van der Waals surface area contributed by atoms with Crippen molar-refractivity contribution >= 4 is 0 Å². The third-order valence-corrected chi connectivity index (χ3v) is 11.9. The number of pyridine rings is 1. The average molecular weight is 779 g/mol. The fourth-order valence-electron chi connectivity index (χ4n) is 8.96. The van der Waals surface area contributed by atoms with Crippen molar-refractivity contribution < 1.29 is 0 Å². The van der Waals surface area contributed by atoms with E-state index in [2.05, 4.69) is 181 Å². The van der Waals surface area contributed by atoms with Crippen molar-refractivity contribution in [3.63, 3.8) is 0 Å². The van der Waals surface area contributed by atoms with Gasteiger partial charge in [-0.25, -0.2) is 15.0 Å². The van der Waals surface area contributed by atoms with Crippen molar-refractivity contribution in [1.82, 2.24) is 19.9 Å². The first kappa shape index (κ1) is 36.0. The van der Waals surface area contributed by atoms with Gasteiger partial charge in [-0.05, 0) is 73.8 Å². The SMILES string of the molecule is c1ccc(-c2nc(-c3ccc(-c4ccc(-c5ccc6c(c5)C(c5ccccc5)(c5ccccc5)c5ccccc5-6)cc4)cc3)nc(-c3ccc(-c4ccccn4)cc3)n2)cc1. The fourth-order valence-corrected chi connectivity index (χ4v) is 8.96. The summed E-state index contributed by atoms with van der Waals surface area (Å²) >= 11 is 0. The normalized spacial score (nSPS) is 12.4. The molecule has 286 valence electrons. The molecule has 10 aromatic rings. The Balaban J connectivity index is 0.921. The zero-order valence-electron chi connectivity index (χ0n) is 33.2. The molecule has 0 aliphatic heterocycles. The Hall–Kier alpha value is -8.08. The minimum Gasteiger partial charge on any atom is -0.256 e. The second-order valence-electron chi connectivity index (χ2n) is 15.4. The van der Waals surface area contributed by atoms with Gasteiger partial charge >= 0.3 is 0 Å². The predicted molar refractivity (Wildman–Crippen MR) is 248 cm³/mol. The van der Waals surface area contributed by atoms with Crippen LogP contribution in [0.1, 0.15) is 22.3 Å². The molecule has 61 heavy (non-hydrogen) atoms. The monoisotopic (exact) mass is 778 g/mol. The topological polar surface area (TPSA) is 51.6 Å². The summed E-state index contributed by atoms with van der Waals surface area (Å²) in [6, 6.07) is 79.5. The number of fused-ring (bicyclic) bond motifs is 3. The molecule has 0 N–H and O–H groups in total. The van der Waals surface area contributed by atoms with E-state index in [1.54, 1.807) is 0 Å². The Kier molecular flexibility index (Phi) is 9.02. The second kappa shape index (κ2) is 15.3. The molecule has 0 radical (unpaired) electrons. The van der Waals surface area contributed by atoms with Crippen LogP contribution < -0.4 is 0 Å². The van der Waals surface area contributed by atoms with Crippen LogP contribution >= 0.6 is 0 Å². The van der Waals surface area contributed by atoms with Gasteiger partial charge in [0.1, 0.15) is 0 Å². The molecule has 2 aromatic heterocycles. The summed E-state index contributed by atoms with van der Waals surface area (Å²) in [6.07, 6.45) is 1.81. The van der Waals surface area contributed by atoms with Gasteiger partial charge in [-0.2, -0.15) is 0 Å². The summed E-state index contributed by atoms with van der Waals surface area (Å²) in [4.78, 5) is 19.4. The van der Waals surface area contributed by atoms with E-state index in [0.717, 1.165) is 39.1 Å². The Morgan fingerprint density at radius 2 is 0.689 bits per heavy atom. The van der Waals surface area contributed by atoms with Gasteiger partial charge in [0.25, 0.3) is 0 Å². The maximum absolute atomic E-state index is 5.00. The Morgan fingerprint density at radius 3 is 1.23 bits per heavy atom. The van der Waals surface area contributed by atoms with Gasteiger partial charge in [0.2, 0.25) is 0 Å². The van der Waals surface area contributed by atoms with Gasteiger partial charge in [-0.1, -0.05) is 206 Å². The standard InChI is InChI=1S/C57H38N4/c1-4-14-43(15-5-1)54-59-55(61-56(60-54)45-33-29-42(30-34-45)53-22-12-13-37-58-53)44-31-27-40(28-32-44)39-23-25-41(26-24-39)46-35-36-50-49-20-10-11-21-51(49)57(52(50)38-46,47-16-6-2-7-17-47)48-18-8-3-9-19-48/h1-38H. The molecule has 0 saturated heterocycles. The van der Waals surface area contributed by atoms with Gasteiger partial charge in [-0.15, -0.1) is 0 Å².